The first-order valence-corrected chi connectivity index (χ1v) is 11.9. The third-order valence-corrected chi connectivity index (χ3v) is 6.53. The Labute approximate surface area is 200 Å². The summed E-state index contributed by atoms with van der Waals surface area (Å²) in [6, 6.07) is 10.7. The van der Waals surface area contributed by atoms with Crippen LogP contribution in [-0.4, -0.2) is 49.2 Å². The van der Waals surface area contributed by atoms with Gasteiger partial charge in [0.15, 0.2) is 5.58 Å². The van der Waals surface area contributed by atoms with Crippen molar-refractivity contribution in [3.05, 3.63) is 53.9 Å². The molecule has 0 atom stereocenters. The van der Waals surface area contributed by atoms with Gasteiger partial charge in [0.2, 0.25) is 0 Å². The average Bonchev–Trinajstić information content (AvgIpc) is 3.29. The van der Waals surface area contributed by atoms with Crippen LogP contribution in [0.5, 0.6) is 5.75 Å². The second-order valence-corrected chi connectivity index (χ2v) is 9.00. The van der Waals surface area contributed by atoms with E-state index in [2.05, 4.69) is 20.5 Å². The minimum Gasteiger partial charge on any atom is -0.490 e. The van der Waals surface area contributed by atoms with Crippen molar-refractivity contribution in [1.29, 1.82) is 0 Å². The van der Waals surface area contributed by atoms with Crippen LogP contribution < -0.4 is 20.3 Å². The first kappa shape index (κ1) is 23.5. The van der Waals surface area contributed by atoms with Gasteiger partial charge in [-0.25, -0.2) is 4.98 Å². The fourth-order valence-corrected chi connectivity index (χ4v) is 4.57. The van der Waals surface area contributed by atoms with Crippen LogP contribution in [0.3, 0.4) is 0 Å². The van der Waals surface area contributed by atoms with E-state index in [1.165, 1.54) is 12.1 Å². The molecule has 0 spiro atoms. The number of benzene rings is 2. The summed E-state index contributed by atoms with van der Waals surface area (Å²) in [4.78, 5) is 18.9. The zero-order valence-electron chi connectivity index (χ0n) is 19.1. The lowest BCUT2D eigenvalue weighted by Gasteiger charge is -2.33. The molecular formula is C25H27F3N4O3. The Kier molecular flexibility index (Phi) is 6.55. The standard InChI is InChI=1S/C25H27F3N4O3/c26-25(27,28)16-1-3-18(4-2-16)32-13-9-19(10-14-32)34-20-5-6-21-22(15-20)35-24(31-21)23(33)30-17-7-11-29-12-8-17/h1-6,15,17,19,29H,7-14H2,(H,30,33). The van der Waals surface area contributed by atoms with Crippen molar-refractivity contribution in [2.75, 3.05) is 31.1 Å². The molecule has 0 bridgehead atoms. The van der Waals surface area contributed by atoms with E-state index in [0.717, 1.165) is 56.6 Å². The van der Waals surface area contributed by atoms with Gasteiger partial charge >= 0.3 is 12.1 Å². The molecule has 0 radical (unpaired) electrons. The lowest BCUT2D eigenvalue weighted by molar-refractivity contribution is -0.137. The highest BCUT2D eigenvalue weighted by atomic mass is 19.4. The Morgan fingerprint density at radius 3 is 2.46 bits per heavy atom. The number of alkyl halides is 3. The molecular weight excluding hydrogens is 461 g/mol. The van der Waals surface area contributed by atoms with Gasteiger partial charge in [-0.3, -0.25) is 4.79 Å². The zero-order valence-corrected chi connectivity index (χ0v) is 19.1. The van der Waals surface area contributed by atoms with Crippen molar-refractivity contribution < 1.29 is 27.1 Å². The van der Waals surface area contributed by atoms with Crippen molar-refractivity contribution in [2.24, 2.45) is 0 Å². The maximum atomic E-state index is 12.8. The van der Waals surface area contributed by atoms with Crippen LogP contribution in [0.1, 0.15) is 41.9 Å². The molecule has 35 heavy (non-hydrogen) atoms. The summed E-state index contributed by atoms with van der Waals surface area (Å²) < 4.78 is 50.2. The molecule has 2 aliphatic heterocycles. The van der Waals surface area contributed by atoms with Gasteiger partial charge < -0.3 is 24.7 Å². The predicted molar refractivity (Wildman–Crippen MR) is 125 cm³/mol. The van der Waals surface area contributed by atoms with Crippen LogP contribution in [0.15, 0.2) is 46.9 Å². The second kappa shape index (κ2) is 9.77. The first-order chi connectivity index (χ1) is 16.8. The molecule has 3 aromatic rings. The molecule has 5 rings (SSSR count). The monoisotopic (exact) mass is 488 g/mol. The topological polar surface area (TPSA) is 79.6 Å². The fraction of sp³-hybridized carbons (Fsp3) is 0.440. The molecule has 10 heteroatoms. The Balaban J connectivity index is 1.17. The van der Waals surface area contributed by atoms with E-state index in [1.807, 2.05) is 6.07 Å². The van der Waals surface area contributed by atoms with Gasteiger partial charge in [0, 0.05) is 43.7 Å². The smallest absolute Gasteiger partial charge is 0.416 e. The van der Waals surface area contributed by atoms with Crippen LogP contribution in [0.4, 0.5) is 18.9 Å². The largest absolute Gasteiger partial charge is 0.490 e. The van der Waals surface area contributed by atoms with E-state index in [0.29, 0.717) is 29.9 Å². The van der Waals surface area contributed by atoms with Gasteiger partial charge in [-0.05, 0) is 62.3 Å². The molecule has 0 unspecified atom stereocenters. The minimum absolute atomic E-state index is 0.0243. The molecule has 2 aromatic carbocycles. The number of anilines is 1. The maximum Gasteiger partial charge on any atom is 0.416 e. The number of halogens is 3. The maximum absolute atomic E-state index is 12.8. The third kappa shape index (κ3) is 5.53. The van der Waals surface area contributed by atoms with Crippen LogP contribution in [-0.2, 0) is 6.18 Å². The Morgan fingerprint density at radius 2 is 1.77 bits per heavy atom. The number of rotatable bonds is 5. The Hall–Kier alpha value is -3.27. The van der Waals surface area contributed by atoms with Crippen molar-refractivity contribution in [2.45, 2.75) is 44.0 Å². The number of ether oxygens (including phenoxy) is 1. The summed E-state index contributed by atoms with van der Waals surface area (Å²) in [5, 5.41) is 6.24. The van der Waals surface area contributed by atoms with Crippen LogP contribution in [0, 0.1) is 0 Å². The van der Waals surface area contributed by atoms with Gasteiger partial charge in [0.1, 0.15) is 17.4 Å². The molecule has 2 saturated heterocycles. The molecule has 2 N–H and O–H groups in total. The van der Waals surface area contributed by atoms with E-state index in [9.17, 15) is 18.0 Å². The number of nitrogens with zero attached hydrogens (tertiary/aromatic N) is 2. The third-order valence-electron chi connectivity index (χ3n) is 6.53. The molecule has 0 saturated carbocycles. The minimum atomic E-state index is -4.33. The van der Waals surface area contributed by atoms with Gasteiger partial charge in [0.05, 0.1) is 5.56 Å². The fourth-order valence-electron chi connectivity index (χ4n) is 4.57. The van der Waals surface area contributed by atoms with Gasteiger partial charge in [-0.2, -0.15) is 13.2 Å². The zero-order chi connectivity index (χ0) is 24.4. The highest BCUT2D eigenvalue weighted by Crippen LogP contribution is 2.31. The van der Waals surface area contributed by atoms with Crippen LogP contribution in [0.25, 0.3) is 11.1 Å². The molecule has 3 heterocycles. The molecule has 7 nitrogen and oxygen atoms in total. The molecule has 1 amide bonds. The van der Waals surface area contributed by atoms with E-state index in [4.69, 9.17) is 9.15 Å². The number of carbonyl (C=O) groups is 1. The van der Waals surface area contributed by atoms with Gasteiger partial charge in [-0.15, -0.1) is 0 Å². The number of aromatic nitrogens is 1. The molecule has 186 valence electrons. The van der Waals surface area contributed by atoms with Gasteiger partial charge in [-0.1, -0.05) is 0 Å². The summed E-state index contributed by atoms with van der Waals surface area (Å²) >= 11 is 0. The van der Waals surface area contributed by atoms with Crippen molar-refractivity contribution in [3.8, 4) is 5.75 Å². The van der Waals surface area contributed by atoms with Gasteiger partial charge in [0.25, 0.3) is 5.89 Å². The molecule has 1 aromatic heterocycles. The summed E-state index contributed by atoms with van der Waals surface area (Å²) in [6.45, 7) is 3.12. The molecule has 2 fully saturated rings. The van der Waals surface area contributed by atoms with E-state index >= 15 is 0 Å². The predicted octanol–water partition coefficient (Wildman–Crippen LogP) is 4.38. The second-order valence-electron chi connectivity index (χ2n) is 9.00. The number of fused-ring (bicyclic) bond motifs is 1. The number of nitrogens with one attached hydrogen (secondary N) is 2. The SMILES string of the molecule is O=C(NC1CCNCC1)c1nc2ccc(OC3CCN(c4ccc(C(F)(F)F)cc4)CC3)cc2o1. The number of hydrogen-bond acceptors (Lipinski definition) is 6. The quantitative estimate of drug-likeness (QED) is 0.555. The van der Waals surface area contributed by atoms with Crippen LogP contribution >= 0.6 is 0 Å². The lowest BCUT2D eigenvalue weighted by Crippen LogP contribution is -2.42. The normalized spacial score (nSPS) is 18.1. The summed E-state index contributed by atoms with van der Waals surface area (Å²) in [5.74, 6) is 0.360. The molecule has 2 aliphatic rings. The highest BCUT2D eigenvalue weighted by Gasteiger charge is 2.30. The van der Waals surface area contributed by atoms with Crippen molar-refractivity contribution in [3.63, 3.8) is 0 Å². The number of oxazole rings is 1. The number of amides is 1. The Bertz CT molecular complexity index is 1160. The van der Waals surface area contributed by atoms with E-state index in [1.54, 1.807) is 12.1 Å². The van der Waals surface area contributed by atoms with Crippen molar-refractivity contribution >= 4 is 22.7 Å². The number of carbonyl (C=O) groups excluding carboxylic acids is 1. The average molecular weight is 489 g/mol. The van der Waals surface area contributed by atoms with Crippen molar-refractivity contribution in [1.82, 2.24) is 15.6 Å². The summed E-state index contributed by atoms with van der Waals surface area (Å²) in [7, 11) is 0. The Morgan fingerprint density at radius 1 is 1.06 bits per heavy atom. The molecule has 0 aliphatic carbocycles. The van der Waals surface area contributed by atoms with Crippen LogP contribution in [0.2, 0.25) is 0 Å². The van der Waals surface area contributed by atoms with E-state index < -0.39 is 11.7 Å². The number of hydrogen-bond donors (Lipinski definition) is 2. The summed E-state index contributed by atoms with van der Waals surface area (Å²) in [5.41, 5.74) is 1.20. The summed E-state index contributed by atoms with van der Waals surface area (Å²) in [6.07, 6.45) is -1.13. The highest BCUT2D eigenvalue weighted by molar-refractivity contribution is 5.92. The lowest BCUT2D eigenvalue weighted by atomic mass is 10.1. The number of piperidine rings is 2. The van der Waals surface area contributed by atoms with E-state index in [-0.39, 0.29) is 23.9 Å². The first-order valence-electron chi connectivity index (χ1n) is 11.9.